The Kier molecular flexibility index (Phi) is 7.13. The molecule has 2 aromatic rings. The molecule has 0 unspecified atom stereocenters. The number of carbonyl (C=O) groups excluding carboxylic acids is 1. The van der Waals surface area contributed by atoms with E-state index in [1.165, 1.54) is 6.42 Å². The third-order valence-corrected chi connectivity index (χ3v) is 6.98. The lowest BCUT2D eigenvalue weighted by molar-refractivity contribution is -0.356. The third kappa shape index (κ3) is 4.96. The molecule has 176 valence electrons. The molecule has 1 aliphatic carbocycles. The van der Waals surface area contributed by atoms with Crippen molar-refractivity contribution in [3.05, 3.63) is 63.8 Å². The van der Waals surface area contributed by atoms with Gasteiger partial charge in [0.05, 0.1) is 5.70 Å². The fourth-order valence-electron chi connectivity index (χ4n) is 4.73. The quantitative estimate of drug-likeness (QED) is 0.525. The zero-order valence-electron chi connectivity index (χ0n) is 19.7. The molecule has 1 fully saturated rings. The minimum atomic E-state index is -0.518. The average molecular weight is 469 g/mol. The van der Waals surface area contributed by atoms with Gasteiger partial charge in [-0.3, -0.25) is 4.79 Å². The number of benzene rings is 2. The maximum absolute atomic E-state index is 12.3. The predicted octanol–water partition coefficient (Wildman–Crippen LogP) is 6.04. The van der Waals surface area contributed by atoms with Crippen molar-refractivity contribution in [2.75, 3.05) is 13.2 Å². The van der Waals surface area contributed by atoms with Crippen LogP contribution in [-0.4, -0.2) is 24.7 Å². The summed E-state index contributed by atoms with van der Waals surface area (Å²) in [6.07, 6.45) is 5.13. The molecule has 0 atom stereocenters. The molecule has 0 radical (unpaired) electrons. The van der Waals surface area contributed by atoms with E-state index in [4.69, 9.17) is 27.1 Å². The predicted molar refractivity (Wildman–Crippen MR) is 133 cm³/mol. The van der Waals surface area contributed by atoms with Gasteiger partial charge in [-0.1, -0.05) is 56.8 Å². The Labute approximate surface area is 201 Å². The van der Waals surface area contributed by atoms with Crippen LogP contribution in [0.5, 0.6) is 0 Å². The van der Waals surface area contributed by atoms with E-state index in [2.05, 4.69) is 32.2 Å². The highest BCUT2D eigenvalue weighted by atomic mass is 35.5. The number of aryl methyl sites for hydroxylation is 1. The highest BCUT2D eigenvalue weighted by molar-refractivity contribution is 6.33. The molecule has 1 amide bonds. The smallest absolute Gasteiger partial charge is 0.251 e. The number of carbonyl (C=O) groups is 1. The lowest BCUT2D eigenvalue weighted by Gasteiger charge is -2.40. The van der Waals surface area contributed by atoms with Crippen LogP contribution in [0, 0.1) is 12.8 Å². The van der Waals surface area contributed by atoms with E-state index < -0.39 is 5.60 Å². The number of hydrogen-bond donors (Lipinski definition) is 2. The van der Waals surface area contributed by atoms with E-state index in [1.807, 2.05) is 30.3 Å². The van der Waals surface area contributed by atoms with Crippen molar-refractivity contribution in [2.24, 2.45) is 11.7 Å². The summed E-state index contributed by atoms with van der Waals surface area (Å²) in [5.74, 6) is 0.346. The summed E-state index contributed by atoms with van der Waals surface area (Å²) in [5, 5.41) is 3.58. The molecule has 0 bridgehead atoms. The van der Waals surface area contributed by atoms with Crippen molar-refractivity contribution in [1.29, 1.82) is 0 Å². The highest BCUT2D eigenvalue weighted by Crippen LogP contribution is 2.43. The van der Waals surface area contributed by atoms with Gasteiger partial charge in [-0.25, -0.2) is 9.78 Å². The third-order valence-electron chi connectivity index (χ3n) is 6.67. The van der Waals surface area contributed by atoms with Crippen molar-refractivity contribution in [3.8, 4) is 11.1 Å². The highest BCUT2D eigenvalue weighted by Gasteiger charge is 2.42. The van der Waals surface area contributed by atoms with E-state index in [0.717, 1.165) is 59.2 Å². The van der Waals surface area contributed by atoms with Crippen LogP contribution < -0.4 is 11.1 Å². The molecule has 2 aliphatic rings. The van der Waals surface area contributed by atoms with Gasteiger partial charge in [-0.05, 0) is 66.6 Å². The number of nitrogens with one attached hydrogen (secondary N) is 1. The molecule has 0 saturated heterocycles. The molecule has 2 aromatic carbocycles. The number of halogens is 1. The summed E-state index contributed by atoms with van der Waals surface area (Å²) < 4.78 is 0. The van der Waals surface area contributed by atoms with Crippen LogP contribution in [0.15, 0.2) is 42.1 Å². The first-order chi connectivity index (χ1) is 15.8. The summed E-state index contributed by atoms with van der Waals surface area (Å²) in [6.45, 7) is 7.17. The van der Waals surface area contributed by atoms with Gasteiger partial charge in [0.25, 0.3) is 5.91 Å². The molecule has 4 rings (SSSR count). The summed E-state index contributed by atoms with van der Waals surface area (Å²) in [5.41, 5.74) is 12.5. The van der Waals surface area contributed by atoms with Gasteiger partial charge in [0.1, 0.15) is 12.2 Å². The zero-order chi connectivity index (χ0) is 23.6. The van der Waals surface area contributed by atoms with Gasteiger partial charge in [-0.15, -0.1) is 0 Å². The van der Waals surface area contributed by atoms with Crippen LogP contribution in [0.3, 0.4) is 0 Å². The van der Waals surface area contributed by atoms with Crippen LogP contribution in [0.2, 0.25) is 5.02 Å². The van der Waals surface area contributed by atoms with Crippen LogP contribution in [0.4, 0.5) is 0 Å². The summed E-state index contributed by atoms with van der Waals surface area (Å²) in [6, 6.07) is 11.6. The Hall–Kier alpha value is -2.34. The Morgan fingerprint density at radius 2 is 1.82 bits per heavy atom. The van der Waals surface area contributed by atoms with Crippen LogP contribution in [-0.2, 0) is 9.78 Å². The Morgan fingerprint density at radius 3 is 2.48 bits per heavy atom. The number of hydrogen-bond acceptors (Lipinski definition) is 4. The maximum atomic E-state index is 12.3. The minimum absolute atomic E-state index is 0.0635. The van der Waals surface area contributed by atoms with Gasteiger partial charge in [0, 0.05) is 28.3 Å². The van der Waals surface area contributed by atoms with Gasteiger partial charge in [0.2, 0.25) is 0 Å². The number of amides is 1. The molecule has 1 aliphatic heterocycles. The SMILES string of the molecule is Cc1cc(-c2ccc(C(=O)NCC(C)C)cc2)c(Cl)cc1C1=C(N)C2(CCCCC2)OOC1. The van der Waals surface area contributed by atoms with E-state index in [-0.39, 0.29) is 5.91 Å². The van der Waals surface area contributed by atoms with Crippen molar-refractivity contribution in [3.63, 3.8) is 0 Å². The molecular weight excluding hydrogens is 436 g/mol. The van der Waals surface area contributed by atoms with E-state index in [9.17, 15) is 4.79 Å². The fraction of sp³-hybridized carbons (Fsp3) is 0.444. The number of rotatable bonds is 5. The minimum Gasteiger partial charge on any atom is -0.399 e. The average Bonchev–Trinajstić information content (AvgIpc) is 2.81. The standard InChI is InChI=1S/C27H33ClN2O3/c1-17(2)15-30-26(31)20-9-7-19(8-10-20)22-13-18(3)21(14-24(22)28)23-16-32-33-27(25(23)29)11-5-4-6-12-27/h7-10,13-14,17H,4-6,11-12,15-16,29H2,1-3H3,(H,30,31). The normalized spacial score (nSPS) is 18.1. The Balaban J connectivity index is 1.61. The summed E-state index contributed by atoms with van der Waals surface area (Å²) >= 11 is 6.75. The second-order valence-corrected chi connectivity index (χ2v) is 10.0. The van der Waals surface area contributed by atoms with Gasteiger partial charge in [0.15, 0.2) is 0 Å². The topological polar surface area (TPSA) is 73.6 Å². The number of nitrogens with two attached hydrogens (primary N) is 1. The van der Waals surface area contributed by atoms with Gasteiger partial charge >= 0.3 is 0 Å². The monoisotopic (exact) mass is 468 g/mol. The van der Waals surface area contributed by atoms with Crippen molar-refractivity contribution in [2.45, 2.75) is 58.5 Å². The molecule has 6 heteroatoms. The van der Waals surface area contributed by atoms with E-state index in [1.54, 1.807) is 0 Å². The van der Waals surface area contributed by atoms with E-state index in [0.29, 0.717) is 29.7 Å². The Bertz CT molecular complexity index is 1050. The van der Waals surface area contributed by atoms with Crippen LogP contribution >= 0.6 is 11.6 Å². The first-order valence-corrected chi connectivity index (χ1v) is 12.2. The van der Waals surface area contributed by atoms with Gasteiger partial charge in [-0.2, -0.15) is 0 Å². The van der Waals surface area contributed by atoms with Crippen molar-refractivity contribution in [1.82, 2.24) is 5.32 Å². The molecule has 1 saturated carbocycles. The molecule has 0 aromatic heterocycles. The zero-order valence-corrected chi connectivity index (χ0v) is 20.4. The first-order valence-electron chi connectivity index (χ1n) is 11.8. The van der Waals surface area contributed by atoms with Crippen molar-refractivity contribution >= 4 is 23.1 Å². The maximum Gasteiger partial charge on any atom is 0.251 e. The second kappa shape index (κ2) is 9.88. The lowest BCUT2D eigenvalue weighted by atomic mass is 9.79. The molecule has 1 heterocycles. The summed E-state index contributed by atoms with van der Waals surface area (Å²) in [7, 11) is 0. The van der Waals surface area contributed by atoms with Crippen molar-refractivity contribution < 1.29 is 14.6 Å². The van der Waals surface area contributed by atoms with E-state index >= 15 is 0 Å². The van der Waals surface area contributed by atoms with Crippen LogP contribution in [0.1, 0.15) is 67.4 Å². The second-order valence-electron chi connectivity index (χ2n) is 9.62. The first kappa shape index (κ1) is 23.8. The molecular formula is C27H33ClN2O3. The Morgan fingerprint density at radius 1 is 1.12 bits per heavy atom. The molecule has 1 spiro atoms. The fourth-order valence-corrected chi connectivity index (χ4v) is 5.00. The molecule has 5 nitrogen and oxygen atoms in total. The molecule has 33 heavy (non-hydrogen) atoms. The largest absolute Gasteiger partial charge is 0.399 e. The summed E-state index contributed by atoms with van der Waals surface area (Å²) in [4.78, 5) is 23.6. The van der Waals surface area contributed by atoms with Crippen LogP contribution in [0.25, 0.3) is 16.7 Å². The molecule has 3 N–H and O–H groups in total. The lowest BCUT2D eigenvalue weighted by Crippen LogP contribution is -2.44. The van der Waals surface area contributed by atoms with Gasteiger partial charge < -0.3 is 11.1 Å².